The smallest absolute Gasteiger partial charge is 0.165 e. The van der Waals surface area contributed by atoms with E-state index in [0.29, 0.717) is 0 Å². The summed E-state index contributed by atoms with van der Waals surface area (Å²) in [6.45, 7) is 3.15. The first kappa shape index (κ1) is 9.95. The third-order valence-corrected chi connectivity index (χ3v) is 5.06. The van der Waals surface area contributed by atoms with E-state index in [2.05, 4.69) is 0 Å². The Labute approximate surface area is 72.5 Å². The molecule has 0 atom stereocenters. The van der Waals surface area contributed by atoms with Crippen molar-refractivity contribution in [3.05, 3.63) is 0 Å². The summed E-state index contributed by atoms with van der Waals surface area (Å²) >= 11 is 0. The molecule has 1 aliphatic heterocycles. The average Bonchev–Trinajstić information content (AvgIpc) is 1.85. The van der Waals surface area contributed by atoms with E-state index in [0.717, 1.165) is 0 Å². The Morgan fingerprint density at radius 3 is 2.08 bits per heavy atom. The fourth-order valence-electron chi connectivity index (χ4n) is 1.18. The van der Waals surface area contributed by atoms with Crippen LogP contribution in [0.15, 0.2) is 0 Å². The Morgan fingerprint density at radius 1 is 1.50 bits per heavy atom. The second kappa shape index (κ2) is 2.97. The zero-order valence-corrected chi connectivity index (χ0v) is 8.10. The van der Waals surface area contributed by atoms with Crippen LogP contribution in [0.25, 0.3) is 0 Å². The standard InChI is InChI=1S/C7H14O4S/c1-6(2)12(9,10)7(3-8)4-11-5-7/h6,8H,3-5H2,1-2H3. The van der Waals surface area contributed by atoms with Gasteiger partial charge in [0.1, 0.15) is 4.75 Å². The molecule has 0 saturated carbocycles. The Balaban J connectivity index is 2.93. The molecule has 0 bridgehead atoms. The van der Waals surface area contributed by atoms with Crippen LogP contribution in [0.5, 0.6) is 0 Å². The molecule has 0 radical (unpaired) electrons. The summed E-state index contributed by atoms with van der Waals surface area (Å²) in [5.41, 5.74) is 0. The molecule has 1 rings (SSSR count). The van der Waals surface area contributed by atoms with Gasteiger partial charge in [-0.05, 0) is 13.8 Å². The molecule has 0 amide bonds. The van der Waals surface area contributed by atoms with Gasteiger partial charge >= 0.3 is 0 Å². The van der Waals surface area contributed by atoms with E-state index in [4.69, 9.17) is 9.84 Å². The first-order valence-corrected chi connectivity index (χ1v) is 5.43. The lowest BCUT2D eigenvalue weighted by molar-refractivity contribution is -0.0370. The predicted octanol–water partition coefficient (Wildman–Crippen LogP) is -0.429. The van der Waals surface area contributed by atoms with Crippen molar-refractivity contribution in [3.63, 3.8) is 0 Å². The molecule has 5 heteroatoms. The van der Waals surface area contributed by atoms with Crippen LogP contribution in [-0.4, -0.2) is 43.3 Å². The second-order valence-corrected chi connectivity index (χ2v) is 6.33. The van der Waals surface area contributed by atoms with E-state index in [1.165, 1.54) is 0 Å². The minimum atomic E-state index is -3.23. The molecule has 1 heterocycles. The third kappa shape index (κ3) is 1.16. The zero-order chi connectivity index (χ0) is 9.41. The van der Waals surface area contributed by atoms with E-state index in [1.54, 1.807) is 13.8 Å². The lowest BCUT2D eigenvalue weighted by Crippen LogP contribution is -2.60. The van der Waals surface area contributed by atoms with Gasteiger partial charge in [-0.3, -0.25) is 0 Å². The summed E-state index contributed by atoms with van der Waals surface area (Å²) in [5, 5.41) is 8.51. The predicted molar refractivity (Wildman–Crippen MR) is 44.7 cm³/mol. The topological polar surface area (TPSA) is 63.6 Å². The van der Waals surface area contributed by atoms with Gasteiger partial charge in [-0.2, -0.15) is 0 Å². The van der Waals surface area contributed by atoms with Gasteiger partial charge in [0.25, 0.3) is 0 Å². The van der Waals surface area contributed by atoms with Crippen molar-refractivity contribution in [2.24, 2.45) is 0 Å². The number of rotatable bonds is 3. The Hall–Kier alpha value is -0.130. The van der Waals surface area contributed by atoms with E-state index in [-0.39, 0.29) is 19.8 Å². The molecule has 12 heavy (non-hydrogen) atoms. The highest BCUT2D eigenvalue weighted by atomic mass is 32.2. The maximum Gasteiger partial charge on any atom is 0.165 e. The van der Waals surface area contributed by atoms with Crippen LogP contribution in [0, 0.1) is 0 Å². The lowest BCUT2D eigenvalue weighted by atomic mass is 10.1. The van der Waals surface area contributed by atoms with Gasteiger partial charge in [0.15, 0.2) is 9.84 Å². The maximum absolute atomic E-state index is 11.6. The first-order valence-electron chi connectivity index (χ1n) is 3.88. The van der Waals surface area contributed by atoms with E-state index in [1.807, 2.05) is 0 Å². The van der Waals surface area contributed by atoms with E-state index >= 15 is 0 Å². The fraction of sp³-hybridized carbons (Fsp3) is 1.00. The molecule has 0 aromatic carbocycles. The first-order chi connectivity index (χ1) is 5.46. The Kier molecular flexibility index (Phi) is 2.47. The van der Waals surface area contributed by atoms with Gasteiger partial charge in [0, 0.05) is 0 Å². The third-order valence-electron chi connectivity index (χ3n) is 2.24. The van der Waals surface area contributed by atoms with Crippen molar-refractivity contribution in [3.8, 4) is 0 Å². The number of hydrogen-bond acceptors (Lipinski definition) is 4. The molecular weight excluding hydrogens is 180 g/mol. The molecule has 1 aliphatic rings. The molecule has 1 N–H and O–H groups in total. The van der Waals surface area contributed by atoms with Crippen LogP contribution >= 0.6 is 0 Å². The summed E-state index contributed by atoms with van der Waals surface area (Å²) in [5.74, 6) is 0. The monoisotopic (exact) mass is 194 g/mol. The minimum Gasteiger partial charge on any atom is -0.395 e. The molecule has 1 fully saturated rings. The number of hydrogen-bond donors (Lipinski definition) is 1. The molecular formula is C7H14O4S. The van der Waals surface area contributed by atoms with Crippen LogP contribution in [0.1, 0.15) is 13.8 Å². The molecule has 0 unspecified atom stereocenters. The number of ether oxygens (including phenoxy) is 1. The summed E-state index contributed by atoms with van der Waals surface area (Å²) in [6.07, 6.45) is 0. The number of aliphatic hydroxyl groups excluding tert-OH is 1. The van der Waals surface area contributed by atoms with Gasteiger partial charge in [-0.25, -0.2) is 8.42 Å². The zero-order valence-electron chi connectivity index (χ0n) is 7.28. The van der Waals surface area contributed by atoms with Crippen molar-refractivity contribution < 1.29 is 18.3 Å². The molecule has 0 aromatic rings. The van der Waals surface area contributed by atoms with Gasteiger partial charge in [-0.15, -0.1) is 0 Å². The van der Waals surface area contributed by atoms with Gasteiger partial charge < -0.3 is 9.84 Å². The van der Waals surface area contributed by atoms with Crippen LogP contribution in [0.3, 0.4) is 0 Å². The van der Waals surface area contributed by atoms with Crippen molar-refractivity contribution in [2.75, 3.05) is 19.8 Å². The van der Waals surface area contributed by atoms with Crippen LogP contribution in [0.4, 0.5) is 0 Å². The minimum absolute atomic E-state index is 0.129. The Bertz CT molecular complexity index is 245. The average molecular weight is 194 g/mol. The fourth-order valence-corrected chi connectivity index (χ4v) is 2.85. The molecule has 0 aliphatic carbocycles. The molecule has 0 spiro atoms. The van der Waals surface area contributed by atoms with Gasteiger partial charge in [0.2, 0.25) is 0 Å². The van der Waals surface area contributed by atoms with Gasteiger partial charge in [0.05, 0.1) is 25.1 Å². The van der Waals surface area contributed by atoms with E-state index < -0.39 is 19.8 Å². The van der Waals surface area contributed by atoms with Crippen LogP contribution < -0.4 is 0 Å². The summed E-state index contributed by atoms with van der Waals surface area (Å²) in [6, 6.07) is 0. The van der Waals surface area contributed by atoms with E-state index in [9.17, 15) is 8.42 Å². The van der Waals surface area contributed by atoms with Gasteiger partial charge in [-0.1, -0.05) is 0 Å². The van der Waals surface area contributed by atoms with Crippen molar-refractivity contribution in [1.29, 1.82) is 0 Å². The SMILES string of the molecule is CC(C)S(=O)(=O)C1(CO)COC1. The quantitative estimate of drug-likeness (QED) is 0.662. The van der Waals surface area contributed by atoms with Crippen LogP contribution in [-0.2, 0) is 14.6 Å². The van der Waals surface area contributed by atoms with Crippen molar-refractivity contribution in [2.45, 2.75) is 23.8 Å². The number of aliphatic hydroxyl groups is 1. The summed E-state index contributed by atoms with van der Waals surface area (Å²) < 4.78 is 27.1. The lowest BCUT2D eigenvalue weighted by Gasteiger charge is -2.40. The Morgan fingerprint density at radius 2 is 2.00 bits per heavy atom. The molecule has 1 saturated heterocycles. The van der Waals surface area contributed by atoms with Crippen LogP contribution in [0.2, 0.25) is 0 Å². The number of sulfone groups is 1. The van der Waals surface area contributed by atoms with Crippen molar-refractivity contribution >= 4 is 9.84 Å². The highest BCUT2D eigenvalue weighted by molar-refractivity contribution is 7.93. The normalized spacial score (nSPS) is 22.3. The molecule has 0 aromatic heterocycles. The largest absolute Gasteiger partial charge is 0.395 e. The highest BCUT2D eigenvalue weighted by Crippen LogP contribution is 2.29. The second-order valence-electron chi connectivity index (χ2n) is 3.43. The maximum atomic E-state index is 11.6. The molecule has 4 nitrogen and oxygen atoms in total. The van der Waals surface area contributed by atoms with Crippen molar-refractivity contribution in [1.82, 2.24) is 0 Å². The summed E-state index contributed by atoms with van der Waals surface area (Å²) in [4.78, 5) is 0. The summed E-state index contributed by atoms with van der Waals surface area (Å²) in [7, 11) is -3.23. The highest BCUT2D eigenvalue weighted by Gasteiger charge is 2.51. The molecule has 72 valence electrons.